The average Bonchev–Trinajstić information content (AvgIpc) is 3.33. The maximum atomic E-state index is 13.1. The molecule has 150 valence electrons. The van der Waals surface area contributed by atoms with E-state index in [-0.39, 0.29) is 23.5 Å². The standard InChI is InChI=1S/C22H17N3O5/c1-14-4-8-16(9-5-14)23-20-19(15-6-10-17(11-7-15)25(28)29)21(26)24(22(20)27)13-18-3-2-12-30-18/h2-12,23H,13H2,1H3. The molecule has 4 rings (SSSR count). The molecule has 0 saturated heterocycles. The van der Waals surface area contributed by atoms with E-state index in [2.05, 4.69) is 5.32 Å². The third-order valence-corrected chi connectivity index (χ3v) is 4.75. The van der Waals surface area contributed by atoms with Crippen molar-refractivity contribution in [1.29, 1.82) is 0 Å². The van der Waals surface area contributed by atoms with Crippen molar-refractivity contribution in [2.24, 2.45) is 0 Å². The van der Waals surface area contributed by atoms with Crippen molar-refractivity contribution in [2.45, 2.75) is 13.5 Å². The van der Waals surface area contributed by atoms with Gasteiger partial charge in [0.1, 0.15) is 11.5 Å². The van der Waals surface area contributed by atoms with E-state index in [1.807, 2.05) is 31.2 Å². The lowest BCUT2D eigenvalue weighted by atomic mass is 10.0. The van der Waals surface area contributed by atoms with Gasteiger partial charge in [-0.2, -0.15) is 0 Å². The van der Waals surface area contributed by atoms with Crippen LogP contribution in [0.4, 0.5) is 11.4 Å². The summed E-state index contributed by atoms with van der Waals surface area (Å²) in [4.78, 5) is 37.8. The number of amides is 2. The minimum Gasteiger partial charge on any atom is -0.467 e. The van der Waals surface area contributed by atoms with Crippen LogP contribution in [0.25, 0.3) is 5.57 Å². The number of nitro benzene ring substituents is 1. The SMILES string of the molecule is Cc1ccc(NC2=C(c3ccc([N+](=O)[O-])cc3)C(=O)N(Cc3ccco3)C2=O)cc1. The van der Waals surface area contributed by atoms with Gasteiger partial charge in [0.2, 0.25) is 0 Å². The quantitative estimate of drug-likeness (QED) is 0.380. The molecule has 0 spiro atoms. The number of benzene rings is 2. The molecule has 0 aliphatic carbocycles. The number of furan rings is 1. The summed E-state index contributed by atoms with van der Waals surface area (Å²) >= 11 is 0. The number of imide groups is 1. The smallest absolute Gasteiger partial charge is 0.278 e. The summed E-state index contributed by atoms with van der Waals surface area (Å²) in [5.74, 6) is -0.526. The van der Waals surface area contributed by atoms with E-state index in [4.69, 9.17) is 4.42 Å². The molecule has 8 heteroatoms. The molecule has 8 nitrogen and oxygen atoms in total. The number of aryl methyl sites for hydroxylation is 1. The molecule has 2 amide bonds. The maximum absolute atomic E-state index is 13.1. The number of nitro groups is 1. The Balaban J connectivity index is 1.74. The molecule has 1 aliphatic rings. The van der Waals surface area contributed by atoms with Crippen molar-refractivity contribution in [3.63, 3.8) is 0 Å². The van der Waals surface area contributed by atoms with Gasteiger partial charge in [0.15, 0.2) is 0 Å². The number of non-ortho nitro benzene ring substituents is 1. The number of carbonyl (C=O) groups excluding carboxylic acids is 2. The lowest BCUT2D eigenvalue weighted by molar-refractivity contribution is -0.384. The number of nitrogens with one attached hydrogen (secondary N) is 1. The summed E-state index contributed by atoms with van der Waals surface area (Å²) in [5.41, 5.74) is 2.29. The fourth-order valence-corrected chi connectivity index (χ4v) is 3.19. The van der Waals surface area contributed by atoms with Gasteiger partial charge in [-0.3, -0.25) is 24.6 Å². The molecule has 0 saturated carbocycles. The molecular formula is C22H17N3O5. The first-order valence-corrected chi connectivity index (χ1v) is 9.15. The number of anilines is 1. The molecule has 3 aromatic rings. The Morgan fingerprint density at radius 1 is 1.00 bits per heavy atom. The minimum atomic E-state index is -0.519. The largest absolute Gasteiger partial charge is 0.467 e. The summed E-state index contributed by atoms with van der Waals surface area (Å²) in [7, 11) is 0. The highest BCUT2D eigenvalue weighted by Gasteiger charge is 2.39. The lowest BCUT2D eigenvalue weighted by Gasteiger charge is -2.13. The zero-order valence-corrected chi connectivity index (χ0v) is 16.0. The molecule has 1 aliphatic heterocycles. The van der Waals surface area contributed by atoms with Crippen LogP contribution in [-0.2, 0) is 16.1 Å². The molecule has 0 radical (unpaired) electrons. The van der Waals surface area contributed by atoms with Crippen LogP contribution < -0.4 is 5.32 Å². The lowest BCUT2D eigenvalue weighted by Crippen LogP contribution is -2.31. The second kappa shape index (κ2) is 7.67. The molecule has 30 heavy (non-hydrogen) atoms. The molecule has 0 atom stereocenters. The Kier molecular flexibility index (Phi) is 4.89. The van der Waals surface area contributed by atoms with Crippen LogP contribution >= 0.6 is 0 Å². The average molecular weight is 403 g/mol. The summed E-state index contributed by atoms with van der Waals surface area (Å²) in [6, 6.07) is 16.3. The molecule has 0 bridgehead atoms. The topological polar surface area (TPSA) is 106 Å². The van der Waals surface area contributed by atoms with E-state index >= 15 is 0 Å². The van der Waals surface area contributed by atoms with Gasteiger partial charge in [-0.1, -0.05) is 17.7 Å². The number of rotatable bonds is 6. The van der Waals surface area contributed by atoms with Crippen molar-refractivity contribution in [1.82, 2.24) is 4.90 Å². The Morgan fingerprint density at radius 3 is 2.30 bits per heavy atom. The zero-order valence-electron chi connectivity index (χ0n) is 16.0. The molecular weight excluding hydrogens is 386 g/mol. The van der Waals surface area contributed by atoms with Crippen LogP contribution in [0, 0.1) is 17.0 Å². The van der Waals surface area contributed by atoms with Gasteiger partial charge in [-0.15, -0.1) is 0 Å². The highest BCUT2D eigenvalue weighted by atomic mass is 16.6. The number of carbonyl (C=O) groups is 2. The monoisotopic (exact) mass is 403 g/mol. The van der Waals surface area contributed by atoms with Crippen molar-refractivity contribution in [3.05, 3.63) is 99.6 Å². The first-order chi connectivity index (χ1) is 14.4. The predicted octanol–water partition coefficient (Wildman–Crippen LogP) is 3.89. The third-order valence-electron chi connectivity index (χ3n) is 4.75. The number of hydrogen-bond donors (Lipinski definition) is 1. The van der Waals surface area contributed by atoms with Crippen LogP contribution in [0.2, 0.25) is 0 Å². The van der Waals surface area contributed by atoms with Gasteiger partial charge < -0.3 is 9.73 Å². The van der Waals surface area contributed by atoms with Crippen LogP contribution in [0.3, 0.4) is 0 Å². The third kappa shape index (κ3) is 3.58. The highest BCUT2D eigenvalue weighted by molar-refractivity contribution is 6.36. The second-order valence-corrected chi connectivity index (χ2v) is 6.82. The van der Waals surface area contributed by atoms with Crippen molar-refractivity contribution in [3.8, 4) is 0 Å². The minimum absolute atomic E-state index is 0.0137. The maximum Gasteiger partial charge on any atom is 0.278 e. The van der Waals surface area contributed by atoms with E-state index in [0.29, 0.717) is 17.0 Å². The fourth-order valence-electron chi connectivity index (χ4n) is 3.19. The Bertz CT molecular complexity index is 1150. The van der Waals surface area contributed by atoms with Gasteiger partial charge in [0.05, 0.1) is 23.3 Å². The van der Waals surface area contributed by atoms with Gasteiger partial charge >= 0.3 is 0 Å². The summed E-state index contributed by atoms with van der Waals surface area (Å²) in [5, 5.41) is 14.0. The van der Waals surface area contributed by atoms with Gasteiger partial charge in [-0.25, -0.2) is 0 Å². The first-order valence-electron chi connectivity index (χ1n) is 9.15. The molecule has 1 N–H and O–H groups in total. The molecule has 2 heterocycles. The Morgan fingerprint density at radius 2 is 1.70 bits per heavy atom. The van der Waals surface area contributed by atoms with Crippen LogP contribution in [-0.4, -0.2) is 21.6 Å². The van der Waals surface area contributed by atoms with Crippen molar-refractivity contribution >= 4 is 28.8 Å². The van der Waals surface area contributed by atoms with E-state index in [0.717, 1.165) is 10.5 Å². The zero-order chi connectivity index (χ0) is 21.3. The summed E-state index contributed by atoms with van der Waals surface area (Å²) in [6.45, 7) is 1.93. The van der Waals surface area contributed by atoms with E-state index in [1.54, 1.807) is 12.1 Å². The number of hydrogen-bond acceptors (Lipinski definition) is 6. The first kappa shape index (κ1) is 19.1. The fraction of sp³-hybridized carbons (Fsp3) is 0.0909. The van der Waals surface area contributed by atoms with Gasteiger partial charge in [0.25, 0.3) is 17.5 Å². The summed E-state index contributed by atoms with van der Waals surface area (Å²) in [6.07, 6.45) is 1.47. The second-order valence-electron chi connectivity index (χ2n) is 6.82. The van der Waals surface area contributed by atoms with Crippen molar-refractivity contribution in [2.75, 3.05) is 5.32 Å². The van der Waals surface area contributed by atoms with Gasteiger partial charge in [-0.05, 0) is 48.9 Å². The van der Waals surface area contributed by atoms with E-state index in [1.165, 1.54) is 30.5 Å². The van der Waals surface area contributed by atoms with E-state index in [9.17, 15) is 19.7 Å². The Hall–Kier alpha value is -4.20. The predicted molar refractivity (Wildman–Crippen MR) is 109 cm³/mol. The molecule has 2 aromatic carbocycles. The van der Waals surface area contributed by atoms with Gasteiger partial charge in [0, 0.05) is 17.8 Å². The molecule has 0 unspecified atom stereocenters. The molecule has 0 fully saturated rings. The van der Waals surface area contributed by atoms with Crippen LogP contribution in [0.5, 0.6) is 0 Å². The summed E-state index contributed by atoms with van der Waals surface area (Å²) < 4.78 is 5.28. The van der Waals surface area contributed by atoms with Crippen molar-refractivity contribution < 1.29 is 18.9 Å². The molecule has 1 aromatic heterocycles. The van der Waals surface area contributed by atoms with Crippen LogP contribution in [0.15, 0.2) is 77.0 Å². The van der Waals surface area contributed by atoms with Crippen LogP contribution in [0.1, 0.15) is 16.9 Å². The highest BCUT2D eigenvalue weighted by Crippen LogP contribution is 2.32. The van der Waals surface area contributed by atoms with E-state index < -0.39 is 16.7 Å². The number of nitrogens with zero attached hydrogens (tertiary/aromatic N) is 2. The Labute approximate surface area is 171 Å². The normalized spacial score (nSPS) is 13.8.